The van der Waals surface area contributed by atoms with E-state index in [1.807, 2.05) is 18.7 Å². The van der Waals surface area contributed by atoms with Crippen molar-refractivity contribution < 1.29 is 13.2 Å². The second kappa shape index (κ2) is 8.21. The van der Waals surface area contributed by atoms with Crippen LogP contribution in [-0.4, -0.2) is 36.3 Å². The molecule has 2 aromatic rings. The van der Waals surface area contributed by atoms with Crippen LogP contribution in [0.3, 0.4) is 0 Å². The van der Waals surface area contributed by atoms with E-state index in [2.05, 4.69) is 4.98 Å². The minimum absolute atomic E-state index is 0.119. The quantitative estimate of drug-likeness (QED) is 0.734. The van der Waals surface area contributed by atoms with Gasteiger partial charge in [-0.05, 0) is 63.8 Å². The summed E-state index contributed by atoms with van der Waals surface area (Å²) in [4.78, 5) is 19.4. The number of hydrogen-bond acceptors (Lipinski definition) is 4. The Morgan fingerprint density at radius 1 is 1.14 bits per heavy atom. The third kappa shape index (κ3) is 4.23. The van der Waals surface area contributed by atoms with Gasteiger partial charge in [-0.1, -0.05) is 29.8 Å². The van der Waals surface area contributed by atoms with Crippen molar-refractivity contribution in [2.75, 3.05) is 0 Å². The van der Waals surface area contributed by atoms with Gasteiger partial charge >= 0.3 is 0 Å². The molecule has 1 fully saturated rings. The van der Waals surface area contributed by atoms with Crippen molar-refractivity contribution in [3.63, 3.8) is 0 Å². The summed E-state index contributed by atoms with van der Waals surface area (Å²) < 4.78 is 25.8. The van der Waals surface area contributed by atoms with E-state index in [0.717, 1.165) is 19.3 Å². The molecule has 2 heterocycles. The number of rotatable bonds is 4. The van der Waals surface area contributed by atoms with Gasteiger partial charge in [0, 0.05) is 12.1 Å². The minimum Gasteiger partial charge on any atom is -0.332 e. The van der Waals surface area contributed by atoms with Crippen LogP contribution in [0.5, 0.6) is 0 Å². The maximum absolute atomic E-state index is 13.0. The number of halogens is 1. The fourth-order valence-corrected chi connectivity index (χ4v) is 6.10. The van der Waals surface area contributed by atoms with Crippen LogP contribution in [0.1, 0.15) is 54.9 Å². The lowest BCUT2D eigenvalue weighted by atomic mass is 9.97. The van der Waals surface area contributed by atoms with Gasteiger partial charge in [-0.15, -0.1) is 0 Å². The average molecular weight is 421 g/mol. The van der Waals surface area contributed by atoms with Crippen LogP contribution >= 0.6 is 11.6 Å². The molecule has 0 saturated carbocycles. The van der Waals surface area contributed by atoms with Crippen molar-refractivity contribution in [1.29, 1.82) is 0 Å². The molecule has 7 heteroatoms. The highest BCUT2D eigenvalue weighted by atomic mass is 35.5. The molecular formula is C21H25ClN2O3S. The fraction of sp³-hybridized carbons (Fsp3) is 0.429. The molecule has 1 aromatic heterocycles. The molecule has 3 rings (SSSR count). The Hall–Kier alpha value is -1.92. The molecule has 0 bridgehead atoms. The summed E-state index contributed by atoms with van der Waals surface area (Å²) in [5.41, 5.74) is 1.21. The molecule has 1 aliphatic rings. The van der Waals surface area contributed by atoms with Crippen molar-refractivity contribution in [3.05, 3.63) is 58.4 Å². The molecule has 5 nitrogen and oxygen atoms in total. The standard InChI is InChI=1S/C21H25ClN2O3S/c1-14-7-4-11-18(22)20(14)28(26,27)13-17-10-6-12-19(23-17)21(25)24-15(2)8-5-9-16(24)3/h4,6-7,10-12,15-16H,5,8-9,13H2,1-3H3/t15-,16+. The van der Waals surface area contributed by atoms with E-state index in [9.17, 15) is 13.2 Å². The normalized spacial score (nSPS) is 20.2. The summed E-state index contributed by atoms with van der Waals surface area (Å²) in [6.07, 6.45) is 3.04. The van der Waals surface area contributed by atoms with Crippen molar-refractivity contribution in [1.82, 2.24) is 9.88 Å². The first-order chi connectivity index (χ1) is 13.2. The lowest BCUT2D eigenvalue weighted by Crippen LogP contribution is -2.47. The number of carbonyl (C=O) groups excluding carboxylic acids is 1. The minimum atomic E-state index is -3.68. The van der Waals surface area contributed by atoms with Gasteiger partial charge in [-0.2, -0.15) is 0 Å². The van der Waals surface area contributed by atoms with E-state index in [1.54, 1.807) is 43.3 Å². The maximum atomic E-state index is 13.0. The van der Waals surface area contributed by atoms with Gasteiger partial charge in [0.25, 0.3) is 5.91 Å². The van der Waals surface area contributed by atoms with Crippen LogP contribution in [0.15, 0.2) is 41.3 Å². The Morgan fingerprint density at radius 3 is 2.43 bits per heavy atom. The number of benzene rings is 1. The molecule has 1 saturated heterocycles. The molecule has 0 aliphatic carbocycles. The Morgan fingerprint density at radius 2 is 1.79 bits per heavy atom. The van der Waals surface area contributed by atoms with Crippen LogP contribution in [0.2, 0.25) is 5.02 Å². The molecule has 2 atom stereocenters. The van der Waals surface area contributed by atoms with Crippen LogP contribution in [0, 0.1) is 6.92 Å². The van der Waals surface area contributed by atoms with Crippen molar-refractivity contribution in [3.8, 4) is 0 Å². The molecule has 0 radical (unpaired) electrons. The third-order valence-electron chi connectivity index (χ3n) is 5.27. The van der Waals surface area contributed by atoms with E-state index in [1.165, 1.54) is 0 Å². The molecule has 0 N–H and O–H groups in total. The molecule has 150 valence electrons. The predicted molar refractivity (Wildman–Crippen MR) is 110 cm³/mol. The number of aromatic nitrogens is 1. The largest absolute Gasteiger partial charge is 0.332 e. The van der Waals surface area contributed by atoms with Gasteiger partial charge in [0.1, 0.15) is 5.69 Å². The van der Waals surface area contributed by atoms with E-state index >= 15 is 0 Å². The summed E-state index contributed by atoms with van der Waals surface area (Å²) >= 11 is 6.14. The molecule has 1 amide bonds. The molecule has 1 aromatic carbocycles. The first kappa shape index (κ1) is 20.8. The van der Waals surface area contributed by atoms with Gasteiger partial charge in [-0.25, -0.2) is 13.4 Å². The number of amides is 1. The van der Waals surface area contributed by atoms with E-state index in [0.29, 0.717) is 11.3 Å². The number of nitrogens with zero attached hydrogens (tertiary/aromatic N) is 2. The Balaban J connectivity index is 1.88. The number of pyridine rings is 1. The van der Waals surface area contributed by atoms with Crippen LogP contribution in [-0.2, 0) is 15.6 Å². The highest BCUT2D eigenvalue weighted by molar-refractivity contribution is 7.90. The van der Waals surface area contributed by atoms with Crippen molar-refractivity contribution >= 4 is 27.3 Å². The Kier molecular flexibility index (Phi) is 6.10. The number of carbonyl (C=O) groups is 1. The van der Waals surface area contributed by atoms with Crippen LogP contribution in [0.25, 0.3) is 0 Å². The zero-order chi connectivity index (χ0) is 20.5. The molecular weight excluding hydrogens is 396 g/mol. The topological polar surface area (TPSA) is 67.3 Å². The molecule has 1 aliphatic heterocycles. The number of piperidine rings is 1. The predicted octanol–water partition coefficient (Wildman–Crippen LogP) is 4.42. The lowest BCUT2D eigenvalue weighted by molar-refractivity contribution is 0.0504. The zero-order valence-corrected chi connectivity index (χ0v) is 17.9. The molecule has 28 heavy (non-hydrogen) atoms. The summed E-state index contributed by atoms with van der Waals surface area (Å²) in [5, 5.41) is 0.197. The summed E-state index contributed by atoms with van der Waals surface area (Å²) in [5.74, 6) is -0.447. The zero-order valence-electron chi connectivity index (χ0n) is 16.4. The highest BCUT2D eigenvalue weighted by Gasteiger charge is 2.30. The monoisotopic (exact) mass is 420 g/mol. The highest BCUT2D eigenvalue weighted by Crippen LogP contribution is 2.28. The summed E-state index contributed by atoms with van der Waals surface area (Å²) in [7, 11) is -3.68. The van der Waals surface area contributed by atoms with E-state index < -0.39 is 9.84 Å². The molecule has 0 unspecified atom stereocenters. The van der Waals surface area contributed by atoms with Gasteiger partial charge < -0.3 is 4.90 Å². The maximum Gasteiger partial charge on any atom is 0.272 e. The smallest absolute Gasteiger partial charge is 0.272 e. The first-order valence-electron chi connectivity index (χ1n) is 9.47. The Labute approximate surface area is 171 Å². The van der Waals surface area contributed by atoms with Crippen LogP contribution < -0.4 is 0 Å². The number of hydrogen-bond donors (Lipinski definition) is 0. The second-order valence-electron chi connectivity index (χ2n) is 7.50. The van der Waals surface area contributed by atoms with Gasteiger partial charge in [0.05, 0.1) is 21.4 Å². The van der Waals surface area contributed by atoms with Gasteiger partial charge in [0.15, 0.2) is 9.84 Å². The van der Waals surface area contributed by atoms with Crippen molar-refractivity contribution in [2.24, 2.45) is 0 Å². The van der Waals surface area contributed by atoms with Gasteiger partial charge in [0.2, 0.25) is 0 Å². The fourth-order valence-electron chi connectivity index (χ4n) is 3.91. The SMILES string of the molecule is Cc1cccc(Cl)c1S(=O)(=O)Cc1cccc(C(=O)N2[C@H](C)CCC[C@@H]2C)n1. The van der Waals surface area contributed by atoms with Crippen molar-refractivity contribution in [2.45, 2.75) is 62.8 Å². The van der Waals surface area contributed by atoms with Crippen LogP contribution in [0.4, 0.5) is 0 Å². The lowest BCUT2D eigenvalue weighted by Gasteiger charge is -2.38. The number of likely N-dealkylation sites (tertiary alicyclic amines) is 1. The van der Waals surface area contributed by atoms with E-state index in [-0.39, 0.29) is 39.4 Å². The third-order valence-corrected chi connectivity index (χ3v) is 7.53. The van der Waals surface area contributed by atoms with E-state index in [4.69, 9.17) is 11.6 Å². The summed E-state index contributed by atoms with van der Waals surface area (Å²) in [6.45, 7) is 5.80. The Bertz CT molecular complexity index is 961. The molecule has 0 spiro atoms. The first-order valence-corrected chi connectivity index (χ1v) is 11.5. The number of sulfone groups is 1. The number of aryl methyl sites for hydroxylation is 1. The second-order valence-corrected chi connectivity index (χ2v) is 9.83. The summed E-state index contributed by atoms with van der Waals surface area (Å²) in [6, 6.07) is 10.3. The van der Waals surface area contributed by atoms with Gasteiger partial charge in [-0.3, -0.25) is 4.79 Å². The average Bonchev–Trinajstić information content (AvgIpc) is 2.61.